The Morgan fingerprint density at radius 1 is 1.05 bits per heavy atom. The SMILES string of the molecule is O=C(Cl)c1cc(-c2ccccc2F)ccc1C(F)(F)F. The van der Waals surface area contributed by atoms with Crippen LogP contribution in [0.15, 0.2) is 42.5 Å². The monoisotopic (exact) mass is 302 g/mol. The van der Waals surface area contributed by atoms with Crippen LogP contribution in [0.5, 0.6) is 0 Å². The van der Waals surface area contributed by atoms with Crippen molar-refractivity contribution in [2.45, 2.75) is 6.18 Å². The first-order valence-electron chi connectivity index (χ1n) is 5.46. The molecule has 0 aliphatic rings. The van der Waals surface area contributed by atoms with Crippen LogP contribution in [-0.2, 0) is 6.18 Å². The van der Waals surface area contributed by atoms with Crippen LogP contribution in [0.1, 0.15) is 15.9 Å². The molecule has 1 nitrogen and oxygen atoms in total. The number of benzene rings is 2. The highest BCUT2D eigenvalue weighted by Crippen LogP contribution is 2.35. The molecule has 2 aromatic carbocycles. The molecule has 0 aromatic heterocycles. The molecular formula is C14H7ClF4O. The van der Waals surface area contributed by atoms with E-state index in [1.54, 1.807) is 0 Å². The summed E-state index contributed by atoms with van der Waals surface area (Å²) in [5, 5.41) is -1.24. The molecule has 0 aliphatic carbocycles. The van der Waals surface area contributed by atoms with Crippen molar-refractivity contribution in [1.29, 1.82) is 0 Å². The van der Waals surface area contributed by atoms with Gasteiger partial charge in [0, 0.05) is 11.1 Å². The molecule has 0 aliphatic heterocycles. The lowest BCUT2D eigenvalue weighted by atomic mass is 9.99. The molecule has 0 amide bonds. The molecule has 0 saturated carbocycles. The number of halogens is 5. The smallest absolute Gasteiger partial charge is 0.276 e. The van der Waals surface area contributed by atoms with Gasteiger partial charge in [-0.15, -0.1) is 0 Å². The summed E-state index contributed by atoms with van der Waals surface area (Å²) in [5.74, 6) is -0.597. The summed E-state index contributed by atoms with van der Waals surface area (Å²) >= 11 is 5.18. The quantitative estimate of drug-likeness (QED) is 0.570. The Hall–Kier alpha value is -1.88. The third-order valence-electron chi connectivity index (χ3n) is 2.72. The van der Waals surface area contributed by atoms with Gasteiger partial charge in [0.1, 0.15) is 5.82 Å². The molecule has 0 spiro atoms. The van der Waals surface area contributed by atoms with Crippen molar-refractivity contribution >= 4 is 16.8 Å². The summed E-state index contributed by atoms with van der Waals surface area (Å²) in [6.45, 7) is 0. The standard InChI is InChI=1S/C14H7ClF4O/c15-13(20)10-7-8(5-6-11(10)14(17,18)19)9-3-1-2-4-12(9)16/h1-7H. The van der Waals surface area contributed by atoms with Crippen molar-refractivity contribution in [2.24, 2.45) is 0 Å². The Labute approximate surface area is 116 Å². The van der Waals surface area contributed by atoms with Crippen LogP contribution >= 0.6 is 11.6 Å². The number of hydrogen-bond donors (Lipinski definition) is 0. The van der Waals surface area contributed by atoms with Crippen molar-refractivity contribution in [1.82, 2.24) is 0 Å². The van der Waals surface area contributed by atoms with E-state index in [0.717, 1.165) is 18.2 Å². The minimum absolute atomic E-state index is 0.0976. The average molecular weight is 303 g/mol. The molecule has 0 N–H and O–H groups in total. The summed E-state index contributed by atoms with van der Waals surface area (Å²) in [6.07, 6.45) is -4.70. The maximum Gasteiger partial charge on any atom is 0.417 e. The van der Waals surface area contributed by atoms with Gasteiger partial charge in [-0.25, -0.2) is 4.39 Å². The molecule has 2 aromatic rings. The van der Waals surface area contributed by atoms with Crippen molar-refractivity contribution in [3.8, 4) is 11.1 Å². The van der Waals surface area contributed by atoms with Gasteiger partial charge in [0.15, 0.2) is 0 Å². The predicted octanol–water partition coefficient (Wildman–Crippen LogP) is 4.89. The van der Waals surface area contributed by atoms with Crippen LogP contribution < -0.4 is 0 Å². The third kappa shape index (κ3) is 2.82. The van der Waals surface area contributed by atoms with Crippen LogP contribution in [0, 0.1) is 5.82 Å². The van der Waals surface area contributed by atoms with Crippen LogP contribution in [0.2, 0.25) is 0 Å². The fraction of sp³-hybridized carbons (Fsp3) is 0.0714. The van der Waals surface area contributed by atoms with E-state index >= 15 is 0 Å². The van der Waals surface area contributed by atoms with Gasteiger partial charge >= 0.3 is 6.18 Å². The van der Waals surface area contributed by atoms with Gasteiger partial charge in [-0.1, -0.05) is 24.3 Å². The maximum absolute atomic E-state index is 13.6. The molecule has 20 heavy (non-hydrogen) atoms. The van der Waals surface area contributed by atoms with Crippen LogP contribution in [0.25, 0.3) is 11.1 Å². The second-order valence-corrected chi connectivity index (χ2v) is 4.35. The molecule has 0 fully saturated rings. The summed E-state index contributed by atoms with van der Waals surface area (Å²) in [6, 6.07) is 8.34. The lowest BCUT2D eigenvalue weighted by molar-refractivity contribution is -0.137. The van der Waals surface area contributed by atoms with E-state index in [1.807, 2.05) is 0 Å². The molecule has 6 heteroatoms. The van der Waals surface area contributed by atoms with Gasteiger partial charge in [0.2, 0.25) is 0 Å². The van der Waals surface area contributed by atoms with E-state index < -0.39 is 28.4 Å². The Morgan fingerprint density at radius 2 is 1.70 bits per heavy atom. The normalized spacial score (nSPS) is 11.4. The van der Waals surface area contributed by atoms with Crippen molar-refractivity contribution in [3.63, 3.8) is 0 Å². The van der Waals surface area contributed by atoms with Gasteiger partial charge in [-0.05, 0) is 35.4 Å². The highest BCUT2D eigenvalue weighted by atomic mass is 35.5. The van der Waals surface area contributed by atoms with E-state index in [2.05, 4.69) is 0 Å². The van der Waals surface area contributed by atoms with Gasteiger partial charge in [-0.3, -0.25) is 4.79 Å². The summed E-state index contributed by atoms with van der Waals surface area (Å²) in [5.41, 5.74) is -1.59. The lowest BCUT2D eigenvalue weighted by Gasteiger charge is -2.12. The first kappa shape index (κ1) is 14.5. The fourth-order valence-electron chi connectivity index (χ4n) is 1.82. The van der Waals surface area contributed by atoms with Gasteiger partial charge in [-0.2, -0.15) is 13.2 Å². The summed E-state index contributed by atoms with van der Waals surface area (Å²) < 4.78 is 51.8. The predicted molar refractivity (Wildman–Crippen MR) is 67.0 cm³/mol. The first-order valence-corrected chi connectivity index (χ1v) is 5.84. The van der Waals surface area contributed by atoms with Gasteiger partial charge in [0.25, 0.3) is 5.24 Å². The zero-order valence-electron chi connectivity index (χ0n) is 9.84. The zero-order chi connectivity index (χ0) is 14.9. The molecule has 2 rings (SSSR count). The van der Waals surface area contributed by atoms with Gasteiger partial charge in [0.05, 0.1) is 5.56 Å². The number of rotatable bonds is 2. The number of hydrogen-bond acceptors (Lipinski definition) is 1. The van der Waals surface area contributed by atoms with Crippen molar-refractivity contribution in [3.05, 3.63) is 59.4 Å². The molecule has 0 radical (unpaired) electrons. The van der Waals surface area contributed by atoms with E-state index in [4.69, 9.17) is 11.6 Å². The van der Waals surface area contributed by atoms with E-state index in [1.165, 1.54) is 24.3 Å². The minimum atomic E-state index is -4.70. The highest BCUT2D eigenvalue weighted by Gasteiger charge is 2.35. The Kier molecular flexibility index (Phi) is 3.81. The molecular weight excluding hydrogens is 296 g/mol. The van der Waals surface area contributed by atoms with E-state index in [-0.39, 0.29) is 11.1 Å². The topological polar surface area (TPSA) is 17.1 Å². The van der Waals surface area contributed by atoms with Crippen LogP contribution in [0.3, 0.4) is 0 Å². The fourth-order valence-corrected chi connectivity index (χ4v) is 1.97. The Balaban J connectivity index is 2.63. The number of carbonyl (C=O) groups is 1. The van der Waals surface area contributed by atoms with Crippen molar-refractivity contribution < 1.29 is 22.4 Å². The van der Waals surface area contributed by atoms with Crippen molar-refractivity contribution in [2.75, 3.05) is 0 Å². The summed E-state index contributed by atoms with van der Waals surface area (Å²) in [4.78, 5) is 11.2. The maximum atomic E-state index is 13.6. The second kappa shape index (κ2) is 5.25. The largest absolute Gasteiger partial charge is 0.417 e. The molecule has 0 heterocycles. The van der Waals surface area contributed by atoms with Crippen LogP contribution in [0.4, 0.5) is 17.6 Å². The van der Waals surface area contributed by atoms with E-state index in [0.29, 0.717) is 0 Å². The average Bonchev–Trinajstić information content (AvgIpc) is 2.37. The molecule has 0 saturated heterocycles. The molecule has 0 bridgehead atoms. The second-order valence-electron chi connectivity index (χ2n) is 4.01. The first-order chi connectivity index (χ1) is 9.30. The minimum Gasteiger partial charge on any atom is -0.276 e. The summed E-state index contributed by atoms with van der Waals surface area (Å²) in [7, 11) is 0. The highest BCUT2D eigenvalue weighted by molar-refractivity contribution is 6.68. The Bertz CT molecular complexity index is 664. The number of carbonyl (C=O) groups excluding carboxylic acids is 1. The zero-order valence-corrected chi connectivity index (χ0v) is 10.6. The van der Waals surface area contributed by atoms with Crippen LogP contribution in [-0.4, -0.2) is 5.24 Å². The molecule has 0 unspecified atom stereocenters. The van der Waals surface area contributed by atoms with E-state index in [9.17, 15) is 22.4 Å². The third-order valence-corrected chi connectivity index (χ3v) is 2.93. The molecule has 104 valence electrons. The Morgan fingerprint density at radius 3 is 2.25 bits per heavy atom. The number of alkyl halides is 3. The van der Waals surface area contributed by atoms with Gasteiger partial charge < -0.3 is 0 Å². The lowest BCUT2D eigenvalue weighted by Crippen LogP contribution is -2.11. The molecule has 0 atom stereocenters.